The first-order chi connectivity index (χ1) is 18.5. The smallest absolute Gasteiger partial charge is 0.411 e. The number of hydrogen-bond donors (Lipinski definition) is 2. The zero-order chi connectivity index (χ0) is 28.2. The Morgan fingerprint density at radius 1 is 1.13 bits per heavy atom. The van der Waals surface area contributed by atoms with Crippen molar-refractivity contribution in [2.45, 2.75) is 45.4 Å². The summed E-state index contributed by atoms with van der Waals surface area (Å²) in [6, 6.07) is 10.5. The molecule has 4 rings (SSSR count). The van der Waals surface area contributed by atoms with Crippen molar-refractivity contribution in [1.29, 1.82) is 0 Å². The maximum absolute atomic E-state index is 13.8. The number of ether oxygens (including phenoxy) is 3. The second-order valence-corrected chi connectivity index (χ2v) is 10.8. The summed E-state index contributed by atoms with van der Waals surface area (Å²) in [7, 11) is 5.54. The van der Waals surface area contributed by atoms with Gasteiger partial charge < -0.3 is 24.4 Å². The topological polar surface area (TPSA) is 109 Å². The van der Waals surface area contributed by atoms with Crippen LogP contribution in [0.4, 0.5) is 10.5 Å². The molecule has 1 aliphatic rings. The number of nitrogens with zero attached hydrogens (tertiary/aromatic N) is 3. The molecule has 2 amide bonds. The number of fused-ring (bicyclic) bond motifs is 1. The van der Waals surface area contributed by atoms with E-state index in [1.165, 1.54) is 4.90 Å². The molecule has 3 aromatic rings. The first-order valence-electron chi connectivity index (χ1n) is 12.9. The average molecular weight is 536 g/mol. The van der Waals surface area contributed by atoms with Gasteiger partial charge in [-0.05, 0) is 75.8 Å². The van der Waals surface area contributed by atoms with Crippen LogP contribution in [0, 0.1) is 0 Å². The van der Waals surface area contributed by atoms with Crippen LogP contribution in [0.1, 0.15) is 31.9 Å². The molecule has 0 spiro atoms. The van der Waals surface area contributed by atoms with E-state index in [1.54, 1.807) is 19.5 Å². The predicted molar refractivity (Wildman–Crippen MR) is 149 cm³/mol. The van der Waals surface area contributed by atoms with Gasteiger partial charge in [0, 0.05) is 24.7 Å². The predicted octanol–water partition coefficient (Wildman–Crippen LogP) is 4.33. The van der Waals surface area contributed by atoms with Crippen molar-refractivity contribution in [3.05, 3.63) is 59.9 Å². The van der Waals surface area contributed by atoms with E-state index in [1.807, 2.05) is 76.2 Å². The SMILES string of the molecule is COc1ccc2c(c1)C[C@@H](C(=O)Nc1ccc(-c3cn[nH]c3)cc1OCCN(C)C)N(C(=O)OC(C)(C)C)C2. The van der Waals surface area contributed by atoms with Gasteiger partial charge in [0.05, 0.1) is 25.5 Å². The molecule has 0 radical (unpaired) electrons. The Kier molecular flexibility index (Phi) is 8.44. The van der Waals surface area contributed by atoms with Crippen molar-refractivity contribution < 1.29 is 23.8 Å². The minimum atomic E-state index is -0.789. The summed E-state index contributed by atoms with van der Waals surface area (Å²) in [6.07, 6.45) is 3.30. The number of carbonyl (C=O) groups is 2. The van der Waals surface area contributed by atoms with E-state index in [-0.39, 0.29) is 12.5 Å². The molecular formula is C29H37N5O5. The van der Waals surface area contributed by atoms with Crippen LogP contribution in [0.25, 0.3) is 11.1 Å². The zero-order valence-electron chi connectivity index (χ0n) is 23.4. The highest BCUT2D eigenvalue weighted by Gasteiger charge is 2.37. The van der Waals surface area contributed by atoms with Crippen LogP contribution in [-0.4, -0.2) is 78.0 Å². The molecule has 208 valence electrons. The monoisotopic (exact) mass is 535 g/mol. The molecule has 0 fully saturated rings. The molecular weight excluding hydrogens is 498 g/mol. The van der Waals surface area contributed by atoms with Crippen LogP contribution < -0.4 is 14.8 Å². The van der Waals surface area contributed by atoms with Crippen molar-refractivity contribution >= 4 is 17.7 Å². The number of benzene rings is 2. The van der Waals surface area contributed by atoms with E-state index in [9.17, 15) is 9.59 Å². The Balaban J connectivity index is 1.63. The lowest BCUT2D eigenvalue weighted by molar-refractivity contribution is -0.121. The Hall–Kier alpha value is -4.05. The van der Waals surface area contributed by atoms with Crippen molar-refractivity contribution in [3.63, 3.8) is 0 Å². The lowest BCUT2D eigenvalue weighted by Gasteiger charge is -2.37. The quantitative estimate of drug-likeness (QED) is 0.442. The Bertz CT molecular complexity index is 1300. The third kappa shape index (κ3) is 7.08. The van der Waals surface area contributed by atoms with E-state index in [0.29, 0.717) is 36.8 Å². The second-order valence-electron chi connectivity index (χ2n) is 10.8. The van der Waals surface area contributed by atoms with Crippen molar-refractivity contribution in [1.82, 2.24) is 20.0 Å². The van der Waals surface area contributed by atoms with Crippen LogP contribution in [0.5, 0.6) is 11.5 Å². The van der Waals surface area contributed by atoms with Gasteiger partial charge in [0.2, 0.25) is 5.91 Å². The molecule has 0 saturated heterocycles. The summed E-state index contributed by atoms with van der Waals surface area (Å²) in [5, 5.41) is 9.86. The largest absolute Gasteiger partial charge is 0.497 e. The summed E-state index contributed by atoms with van der Waals surface area (Å²) < 4.78 is 17.2. The minimum Gasteiger partial charge on any atom is -0.497 e. The number of nitrogens with one attached hydrogen (secondary N) is 2. The zero-order valence-corrected chi connectivity index (χ0v) is 23.4. The van der Waals surface area contributed by atoms with Crippen LogP contribution in [0.3, 0.4) is 0 Å². The highest BCUT2D eigenvalue weighted by Crippen LogP contribution is 2.33. The van der Waals surface area contributed by atoms with E-state index in [0.717, 1.165) is 22.3 Å². The molecule has 2 N–H and O–H groups in total. The summed E-state index contributed by atoms with van der Waals surface area (Å²) in [6.45, 7) is 6.81. The van der Waals surface area contributed by atoms with Crippen LogP contribution in [0.2, 0.25) is 0 Å². The molecule has 10 heteroatoms. The summed E-state index contributed by atoms with van der Waals surface area (Å²) in [5.74, 6) is 0.901. The number of aromatic nitrogens is 2. The second kappa shape index (κ2) is 11.8. The Labute approximate surface area is 229 Å². The standard InChI is InChI=1S/C29H37N5O5/c1-29(2,3)39-28(36)34-18-20-7-9-23(37-6)13-21(20)14-25(34)27(35)32-24-10-8-19(22-16-30-31-17-22)15-26(24)38-12-11-33(4)5/h7-10,13,15-17,25H,11-12,14,18H2,1-6H3,(H,30,31)(H,32,35)/t25-/m0/s1. The van der Waals surface area contributed by atoms with E-state index >= 15 is 0 Å². The lowest BCUT2D eigenvalue weighted by atomic mass is 9.93. The Morgan fingerprint density at radius 2 is 1.92 bits per heavy atom. The minimum absolute atomic E-state index is 0.248. The van der Waals surface area contributed by atoms with Crippen LogP contribution >= 0.6 is 0 Å². The number of rotatable bonds is 8. The van der Waals surface area contributed by atoms with E-state index in [4.69, 9.17) is 14.2 Å². The van der Waals surface area contributed by atoms with Gasteiger partial charge in [-0.1, -0.05) is 12.1 Å². The van der Waals surface area contributed by atoms with Gasteiger partial charge in [-0.3, -0.25) is 14.8 Å². The van der Waals surface area contributed by atoms with Crippen LogP contribution in [-0.2, 0) is 22.5 Å². The first-order valence-corrected chi connectivity index (χ1v) is 12.9. The maximum atomic E-state index is 13.8. The number of aromatic amines is 1. The summed E-state index contributed by atoms with van der Waals surface area (Å²) in [4.78, 5) is 30.5. The number of anilines is 1. The summed E-state index contributed by atoms with van der Waals surface area (Å²) >= 11 is 0. The molecule has 2 heterocycles. The fourth-order valence-electron chi connectivity index (χ4n) is 4.32. The number of hydrogen-bond acceptors (Lipinski definition) is 7. The molecule has 0 saturated carbocycles. The maximum Gasteiger partial charge on any atom is 0.411 e. The first kappa shape index (κ1) is 28.0. The molecule has 1 aromatic heterocycles. The van der Waals surface area contributed by atoms with Gasteiger partial charge in [0.1, 0.15) is 29.7 Å². The molecule has 2 aromatic carbocycles. The highest BCUT2D eigenvalue weighted by molar-refractivity contribution is 5.98. The molecule has 1 aliphatic heterocycles. The van der Waals surface area contributed by atoms with Gasteiger partial charge in [0.15, 0.2) is 0 Å². The number of H-pyrrole nitrogens is 1. The van der Waals surface area contributed by atoms with Crippen molar-refractivity contribution in [2.24, 2.45) is 0 Å². The van der Waals surface area contributed by atoms with Crippen molar-refractivity contribution in [2.75, 3.05) is 39.7 Å². The fourth-order valence-corrected chi connectivity index (χ4v) is 4.32. The molecule has 0 bridgehead atoms. The molecule has 39 heavy (non-hydrogen) atoms. The Morgan fingerprint density at radius 3 is 2.59 bits per heavy atom. The number of carbonyl (C=O) groups excluding carboxylic acids is 2. The van der Waals surface area contributed by atoms with Gasteiger partial charge in [-0.2, -0.15) is 5.10 Å². The molecule has 1 atom stereocenters. The van der Waals surface area contributed by atoms with Gasteiger partial charge >= 0.3 is 6.09 Å². The lowest BCUT2D eigenvalue weighted by Crippen LogP contribution is -2.52. The van der Waals surface area contributed by atoms with Crippen LogP contribution in [0.15, 0.2) is 48.8 Å². The van der Waals surface area contributed by atoms with E-state index in [2.05, 4.69) is 15.5 Å². The summed E-state index contributed by atoms with van der Waals surface area (Å²) in [5.41, 5.74) is 3.52. The number of amides is 2. The normalized spacial score (nSPS) is 15.1. The third-order valence-electron chi connectivity index (χ3n) is 6.34. The third-order valence-corrected chi connectivity index (χ3v) is 6.34. The molecule has 10 nitrogen and oxygen atoms in total. The van der Waals surface area contributed by atoms with Gasteiger partial charge in [0.25, 0.3) is 0 Å². The van der Waals surface area contributed by atoms with Crippen molar-refractivity contribution in [3.8, 4) is 22.6 Å². The van der Waals surface area contributed by atoms with Gasteiger partial charge in [-0.15, -0.1) is 0 Å². The number of methoxy groups -OCH3 is 1. The molecule has 0 aliphatic carbocycles. The molecule has 0 unspecified atom stereocenters. The highest BCUT2D eigenvalue weighted by atomic mass is 16.6. The average Bonchev–Trinajstić information content (AvgIpc) is 3.42. The van der Waals surface area contributed by atoms with E-state index < -0.39 is 17.7 Å². The fraction of sp³-hybridized carbons (Fsp3) is 0.414. The number of likely N-dealkylation sites (N-methyl/N-ethyl adjacent to an activating group) is 1. The van der Waals surface area contributed by atoms with Gasteiger partial charge in [-0.25, -0.2) is 4.79 Å².